The average molecular weight is 354 g/mol. The fourth-order valence-corrected chi connectivity index (χ4v) is 4.35. The maximum atomic E-state index is 12.8. The Morgan fingerprint density at radius 3 is 2.42 bits per heavy atom. The van der Waals surface area contributed by atoms with Crippen molar-refractivity contribution in [2.45, 2.75) is 25.7 Å². The van der Waals surface area contributed by atoms with Gasteiger partial charge in [-0.3, -0.25) is 4.79 Å². The van der Waals surface area contributed by atoms with Gasteiger partial charge in [-0.25, -0.2) is 0 Å². The van der Waals surface area contributed by atoms with Gasteiger partial charge in [0, 0.05) is 31.1 Å². The number of carbonyl (C=O) groups is 1. The monoisotopic (exact) mass is 354 g/mol. The van der Waals surface area contributed by atoms with Gasteiger partial charge in [0.05, 0.1) is 5.75 Å². The number of benzene rings is 1. The number of halogens is 1. The number of amides is 1. The van der Waals surface area contributed by atoms with Crippen molar-refractivity contribution in [3.8, 4) is 0 Å². The van der Waals surface area contributed by atoms with E-state index in [2.05, 4.69) is 4.90 Å². The summed E-state index contributed by atoms with van der Waals surface area (Å²) in [6.45, 7) is 3.67. The number of anilines is 1. The van der Waals surface area contributed by atoms with Gasteiger partial charge in [0.1, 0.15) is 0 Å². The highest BCUT2D eigenvalue weighted by atomic mass is 32.3. The molecule has 0 aromatic heterocycles. The zero-order valence-corrected chi connectivity index (χ0v) is 14.5. The van der Waals surface area contributed by atoms with Crippen LogP contribution in [0.2, 0.25) is 0 Å². The molecule has 1 aromatic carbocycles. The predicted octanol–water partition coefficient (Wildman–Crippen LogP) is 1.98. The van der Waals surface area contributed by atoms with Crippen LogP contribution in [-0.4, -0.2) is 51.2 Å². The quantitative estimate of drug-likeness (QED) is 0.733. The number of hydrogen-bond acceptors (Lipinski definition) is 4. The first kappa shape index (κ1) is 17.4. The van der Waals surface area contributed by atoms with Crippen molar-refractivity contribution in [1.29, 1.82) is 0 Å². The van der Waals surface area contributed by atoms with E-state index in [-0.39, 0.29) is 18.9 Å². The molecule has 132 valence electrons. The van der Waals surface area contributed by atoms with Crippen LogP contribution >= 0.6 is 0 Å². The molecule has 1 amide bonds. The van der Waals surface area contributed by atoms with Crippen LogP contribution in [0.15, 0.2) is 24.3 Å². The highest BCUT2D eigenvalue weighted by Gasteiger charge is 2.33. The van der Waals surface area contributed by atoms with Gasteiger partial charge in [0.15, 0.2) is 0 Å². The topological polar surface area (TPSA) is 57.7 Å². The minimum Gasteiger partial charge on any atom is -0.312 e. The normalized spacial score (nSPS) is 22.5. The van der Waals surface area contributed by atoms with Crippen molar-refractivity contribution in [2.75, 3.05) is 36.8 Å². The second kappa shape index (κ2) is 7.19. The second-order valence-corrected chi connectivity index (χ2v) is 8.16. The zero-order valence-electron chi connectivity index (χ0n) is 13.7. The maximum absolute atomic E-state index is 12.8. The lowest BCUT2D eigenvalue weighted by molar-refractivity contribution is -0.117. The Bertz CT molecular complexity index is 684. The average Bonchev–Trinajstić information content (AvgIpc) is 3.14. The Kier molecular flexibility index (Phi) is 5.20. The van der Waals surface area contributed by atoms with E-state index in [0.29, 0.717) is 0 Å². The van der Waals surface area contributed by atoms with Crippen molar-refractivity contribution in [3.05, 3.63) is 29.8 Å². The summed E-state index contributed by atoms with van der Waals surface area (Å²) in [7, 11) is -4.54. The molecule has 2 aliphatic rings. The van der Waals surface area contributed by atoms with Crippen LogP contribution in [0, 0.1) is 5.92 Å². The number of hydrogen-bond donors (Lipinski definition) is 0. The molecule has 0 saturated carbocycles. The molecule has 2 heterocycles. The largest absolute Gasteiger partial charge is 0.312 e. The lowest BCUT2D eigenvalue weighted by Crippen LogP contribution is -2.25. The van der Waals surface area contributed by atoms with E-state index in [9.17, 15) is 17.1 Å². The molecule has 3 rings (SSSR count). The standard InChI is InChI=1S/C17H23FN2O3S/c18-24(22,23)13-15-11-17(21)20(12-15)16-5-3-14(4-6-16)7-10-19-8-1-2-9-19/h3-6,15H,1-2,7-13H2. The van der Waals surface area contributed by atoms with Gasteiger partial charge >= 0.3 is 10.2 Å². The van der Waals surface area contributed by atoms with E-state index in [1.54, 1.807) is 4.90 Å². The summed E-state index contributed by atoms with van der Waals surface area (Å²) < 4.78 is 34.3. The summed E-state index contributed by atoms with van der Waals surface area (Å²) in [4.78, 5) is 16.1. The summed E-state index contributed by atoms with van der Waals surface area (Å²) in [6.07, 6.45) is 3.63. The highest BCUT2D eigenvalue weighted by molar-refractivity contribution is 7.86. The third-order valence-corrected chi connectivity index (χ3v) is 5.67. The zero-order chi connectivity index (χ0) is 17.2. The summed E-state index contributed by atoms with van der Waals surface area (Å²) >= 11 is 0. The smallest absolute Gasteiger partial charge is 0.302 e. The Morgan fingerprint density at radius 2 is 1.79 bits per heavy atom. The molecule has 0 N–H and O–H groups in total. The first-order chi connectivity index (χ1) is 11.4. The predicted molar refractivity (Wildman–Crippen MR) is 91.2 cm³/mol. The van der Waals surface area contributed by atoms with Crippen LogP contribution in [0.25, 0.3) is 0 Å². The molecule has 0 radical (unpaired) electrons. The Labute approximate surface area is 142 Å². The molecule has 0 bridgehead atoms. The van der Waals surface area contributed by atoms with Gasteiger partial charge in [-0.05, 0) is 50.0 Å². The first-order valence-corrected chi connectivity index (χ1v) is 10.00. The molecule has 1 unspecified atom stereocenters. The Morgan fingerprint density at radius 1 is 1.12 bits per heavy atom. The van der Waals surface area contributed by atoms with E-state index >= 15 is 0 Å². The van der Waals surface area contributed by atoms with Crippen molar-refractivity contribution in [3.63, 3.8) is 0 Å². The summed E-state index contributed by atoms with van der Waals surface area (Å²) in [6, 6.07) is 7.81. The minimum atomic E-state index is -4.54. The molecular weight excluding hydrogens is 331 g/mol. The lowest BCUT2D eigenvalue weighted by Gasteiger charge is -2.18. The van der Waals surface area contributed by atoms with Crippen LogP contribution in [0.3, 0.4) is 0 Å². The van der Waals surface area contributed by atoms with Crippen LogP contribution < -0.4 is 4.90 Å². The summed E-state index contributed by atoms with van der Waals surface area (Å²) in [5.74, 6) is -1.20. The highest BCUT2D eigenvalue weighted by Crippen LogP contribution is 2.26. The second-order valence-electron chi connectivity index (χ2n) is 6.75. The van der Waals surface area contributed by atoms with Crippen LogP contribution in [0.1, 0.15) is 24.8 Å². The molecule has 2 fully saturated rings. The molecule has 2 aliphatic heterocycles. The van der Waals surface area contributed by atoms with Crippen molar-refractivity contribution < 1.29 is 17.1 Å². The van der Waals surface area contributed by atoms with Gasteiger partial charge in [-0.1, -0.05) is 12.1 Å². The van der Waals surface area contributed by atoms with E-state index in [1.807, 2.05) is 24.3 Å². The van der Waals surface area contributed by atoms with E-state index < -0.39 is 21.9 Å². The molecule has 24 heavy (non-hydrogen) atoms. The summed E-state index contributed by atoms with van der Waals surface area (Å²) in [5.41, 5.74) is 1.98. The van der Waals surface area contributed by atoms with Crippen LogP contribution in [0.5, 0.6) is 0 Å². The maximum Gasteiger partial charge on any atom is 0.302 e. The van der Waals surface area contributed by atoms with Gasteiger partial charge < -0.3 is 9.80 Å². The molecule has 0 aliphatic carbocycles. The number of rotatable bonds is 6. The number of carbonyl (C=O) groups excluding carboxylic acids is 1. The van der Waals surface area contributed by atoms with Gasteiger partial charge in [0.2, 0.25) is 5.91 Å². The van der Waals surface area contributed by atoms with Crippen molar-refractivity contribution in [1.82, 2.24) is 4.90 Å². The third kappa shape index (κ3) is 4.54. The SMILES string of the molecule is O=C1CC(CS(=O)(=O)F)CN1c1ccc(CCN2CCCC2)cc1. The van der Waals surface area contributed by atoms with E-state index in [4.69, 9.17) is 0 Å². The van der Waals surface area contributed by atoms with Crippen molar-refractivity contribution in [2.24, 2.45) is 5.92 Å². The first-order valence-electron chi connectivity index (χ1n) is 8.45. The molecule has 0 spiro atoms. The van der Waals surface area contributed by atoms with E-state index in [1.165, 1.54) is 31.5 Å². The lowest BCUT2D eigenvalue weighted by atomic mass is 10.1. The fourth-order valence-electron chi connectivity index (χ4n) is 3.56. The summed E-state index contributed by atoms with van der Waals surface area (Å²) in [5, 5.41) is 0. The number of likely N-dealkylation sites (tertiary alicyclic amines) is 1. The fraction of sp³-hybridized carbons (Fsp3) is 0.588. The van der Waals surface area contributed by atoms with Gasteiger partial charge in [-0.2, -0.15) is 8.42 Å². The van der Waals surface area contributed by atoms with Crippen LogP contribution in [0.4, 0.5) is 9.57 Å². The Balaban J connectivity index is 1.57. The molecule has 1 atom stereocenters. The third-order valence-electron chi connectivity index (χ3n) is 4.80. The van der Waals surface area contributed by atoms with Gasteiger partial charge in [-0.15, -0.1) is 3.89 Å². The Hall–Kier alpha value is -1.47. The number of nitrogens with zero attached hydrogens (tertiary/aromatic N) is 2. The molecular formula is C17H23FN2O3S. The van der Waals surface area contributed by atoms with Crippen LogP contribution in [-0.2, 0) is 21.4 Å². The molecule has 2 saturated heterocycles. The molecule has 1 aromatic rings. The van der Waals surface area contributed by atoms with Crippen molar-refractivity contribution >= 4 is 21.8 Å². The minimum absolute atomic E-state index is 0.0832. The van der Waals surface area contributed by atoms with E-state index in [0.717, 1.165) is 18.7 Å². The molecule has 7 heteroatoms. The van der Waals surface area contributed by atoms with Gasteiger partial charge in [0.25, 0.3) is 0 Å². The molecule has 5 nitrogen and oxygen atoms in total.